The van der Waals surface area contributed by atoms with Crippen LogP contribution in [0, 0.1) is 5.41 Å². The van der Waals surface area contributed by atoms with Crippen molar-refractivity contribution in [2.45, 2.75) is 32.7 Å². The van der Waals surface area contributed by atoms with Crippen LogP contribution in [-0.4, -0.2) is 28.6 Å². The van der Waals surface area contributed by atoms with Gasteiger partial charge in [-0.05, 0) is 30.0 Å². The molecule has 0 spiro atoms. The highest BCUT2D eigenvalue weighted by Crippen LogP contribution is 2.47. The molecular formula is C26H26N4O3. The number of allylic oxidation sites excluding steroid dienone is 2. The molecule has 0 radical (unpaired) electrons. The normalized spacial score (nSPS) is 18.8. The molecule has 2 heterocycles. The van der Waals surface area contributed by atoms with Crippen LogP contribution in [0.3, 0.4) is 0 Å². The molecule has 2 N–H and O–H groups in total. The first kappa shape index (κ1) is 21.0. The van der Waals surface area contributed by atoms with Gasteiger partial charge in [0.1, 0.15) is 23.2 Å². The van der Waals surface area contributed by atoms with Crippen LogP contribution in [-0.2, 0) is 4.79 Å². The Bertz CT molecular complexity index is 1270. The van der Waals surface area contributed by atoms with Crippen LogP contribution in [0.2, 0.25) is 0 Å². The summed E-state index contributed by atoms with van der Waals surface area (Å²) in [5, 5.41) is 10.9. The summed E-state index contributed by atoms with van der Waals surface area (Å²) < 4.78 is 7.36. The Labute approximate surface area is 192 Å². The van der Waals surface area contributed by atoms with Gasteiger partial charge in [0.25, 0.3) is 5.91 Å². The molecule has 33 heavy (non-hydrogen) atoms. The minimum atomic E-state index is -0.478. The van der Waals surface area contributed by atoms with Gasteiger partial charge in [-0.3, -0.25) is 9.59 Å². The Kier molecular flexibility index (Phi) is 5.04. The Morgan fingerprint density at radius 3 is 2.61 bits per heavy atom. The summed E-state index contributed by atoms with van der Waals surface area (Å²) in [7, 11) is 1.61. The number of hydrogen-bond donors (Lipinski definition) is 2. The highest BCUT2D eigenvalue weighted by molar-refractivity contribution is 6.08. The number of aromatic nitrogens is 2. The second-order valence-corrected chi connectivity index (χ2v) is 9.27. The van der Waals surface area contributed by atoms with Crippen molar-refractivity contribution in [3.05, 3.63) is 83.2 Å². The Morgan fingerprint density at radius 2 is 1.85 bits per heavy atom. The molecular weight excluding hydrogens is 416 g/mol. The van der Waals surface area contributed by atoms with E-state index in [0.29, 0.717) is 41.2 Å². The van der Waals surface area contributed by atoms with Crippen molar-refractivity contribution in [1.29, 1.82) is 0 Å². The predicted molar refractivity (Wildman–Crippen MR) is 126 cm³/mol. The van der Waals surface area contributed by atoms with Crippen molar-refractivity contribution in [2.24, 2.45) is 5.41 Å². The van der Waals surface area contributed by atoms with Crippen LogP contribution in [0.4, 0.5) is 11.5 Å². The number of methoxy groups -OCH3 is 1. The average molecular weight is 443 g/mol. The number of anilines is 2. The van der Waals surface area contributed by atoms with Gasteiger partial charge in [0, 0.05) is 28.9 Å². The van der Waals surface area contributed by atoms with Crippen LogP contribution in [0.15, 0.2) is 72.1 Å². The van der Waals surface area contributed by atoms with Crippen LogP contribution in [0.25, 0.3) is 0 Å². The minimum Gasteiger partial charge on any atom is -0.496 e. The van der Waals surface area contributed by atoms with E-state index >= 15 is 0 Å². The van der Waals surface area contributed by atoms with Crippen LogP contribution < -0.4 is 15.4 Å². The number of Topliss-reactive ketones (excluding diaryl/α,β-unsaturated/α-hetero) is 1. The lowest BCUT2D eigenvalue weighted by Gasteiger charge is -2.39. The van der Waals surface area contributed by atoms with Crippen molar-refractivity contribution >= 4 is 23.2 Å². The number of benzene rings is 2. The van der Waals surface area contributed by atoms with Crippen molar-refractivity contribution in [1.82, 2.24) is 9.78 Å². The molecule has 0 bridgehead atoms. The van der Waals surface area contributed by atoms with E-state index in [1.807, 2.05) is 54.6 Å². The molecule has 1 unspecified atom stereocenters. The molecule has 3 aromatic rings. The zero-order chi connectivity index (χ0) is 23.2. The molecule has 1 amide bonds. The highest BCUT2D eigenvalue weighted by atomic mass is 16.5. The van der Waals surface area contributed by atoms with Crippen molar-refractivity contribution in [2.75, 3.05) is 17.7 Å². The molecule has 1 atom stereocenters. The van der Waals surface area contributed by atoms with E-state index in [1.165, 1.54) is 0 Å². The van der Waals surface area contributed by atoms with E-state index in [2.05, 4.69) is 29.6 Å². The van der Waals surface area contributed by atoms with Gasteiger partial charge >= 0.3 is 0 Å². The lowest BCUT2D eigenvalue weighted by molar-refractivity contribution is -0.118. The van der Waals surface area contributed by atoms with Gasteiger partial charge in [-0.1, -0.05) is 50.2 Å². The zero-order valence-corrected chi connectivity index (χ0v) is 18.9. The lowest BCUT2D eigenvalue weighted by Crippen LogP contribution is -2.37. The maximum atomic E-state index is 13.4. The fourth-order valence-electron chi connectivity index (χ4n) is 4.78. The molecule has 0 saturated heterocycles. The number of nitrogens with one attached hydrogen (secondary N) is 2. The molecule has 168 valence electrons. The van der Waals surface area contributed by atoms with Crippen molar-refractivity contribution < 1.29 is 14.3 Å². The number of ether oxygens (including phenoxy) is 1. The van der Waals surface area contributed by atoms with Gasteiger partial charge in [0.15, 0.2) is 5.78 Å². The molecule has 0 saturated carbocycles. The molecule has 1 aliphatic heterocycles. The van der Waals surface area contributed by atoms with Gasteiger partial charge in [-0.2, -0.15) is 5.10 Å². The van der Waals surface area contributed by atoms with Gasteiger partial charge in [-0.15, -0.1) is 0 Å². The summed E-state index contributed by atoms with van der Waals surface area (Å²) >= 11 is 0. The fourth-order valence-corrected chi connectivity index (χ4v) is 4.78. The third-order valence-corrected chi connectivity index (χ3v) is 6.21. The second-order valence-electron chi connectivity index (χ2n) is 9.27. The number of ketones is 1. The molecule has 2 aliphatic rings. The topological polar surface area (TPSA) is 85.2 Å². The molecule has 7 nitrogen and oxygen atoms in total. The monoisotopic (exact) mass is 442 g/mol. The number of hydrogen-bond acceptors (Lipinski definition) is 5. The van der Waals surface area contributed by atoms with Gasteiger partial charge in [0.2, 0.25) is 0 Å². The standard InChI is InChI=1S/C26H26N4O3/c1-26(2)13-19-22(20(31)14-26)23(17-11-7-8-12-21(17)33-3)30-24(29-19)18(15-27-30)25(32)28-16-9-5-4-6-10-16/h4-12,15,23,29H,13-14H2,1-3H3,(H,28,32). The lowest BCUT2D eigenvalue weighted by atomic mass is 9.73. The second kappa shape index (κ2) is 7.92. The summed E-state index contributed by atoms with van der Waals surface area (Å²) in [5.74, 6) is 1.06. The Morgan fingerprint density at radius 1 is 1.12 bits per heavy atom. The van der Waals surface area contributed by atoms with Crippen molar-refractivity contribution in [3.8, 4) is 5.75 Å². The van der Waals surface area contributed by atoms with E-state index in [9.17, 15) is 9.59 Å². The SMILES string of the molecule is COc1ccccc1C1C2=C(CC(C)(C)CC2=O)Nc2c(C(=O)Nc3ccccc3)cnn21. The largest absolute Gasteiger partial charge is 0.496 e. The van der Waals surface area contributed by atoms with E-state index in [4.69, 9.17) is 4.74 Å². The first-order valence-corrected chi connectivity index (χ1v) is 11.0. The number of amides is 1. The number of fused-ring (bicyclic) bond motifs is 1. The summed E-state index contributed by atoms with van der Waals surface area (Å²) in [5.41, 5.74) is 3.30. The summed E-state index contributed by atoms with van der Waals surface area (Å²) in [6.07, 6.45) is 2.71. The molecule has 5 rings (SSSR count). The predicted octanol–water partition coefficient (Wildman–Crippen LogP) is 4.80. The van der Waals surface area contributed by atoms with Gasteiger partial charge < -0.3 is 15.4 Å². The first-order chi connectivity index (χ1) is 15.9. The van der Waals surface area contributed by atoms with E-state index in [-0.39, 0.29) is 17.1 Å². The van der Waals surface area contributed by atoms with Gasteiger partial charge in [-0.25, -0.2) is 4.68 Å². The average Bonchev–Trinajstić information content (AvgIpc) is 3.21. The first-order valence-electron chi connectivity index (χ1n) is 11.0. The fraction of sp³-hybridized carbons (Fsp3) is 0.269. The minimum absolute atomic E-state index is 0.0843. The summed E-state index contributed by atoms with van der Waals surface area (Å²) in [4.78, 5) is 26.5. The van der Waals surface area contributed by atoms with E-state index in [1.54, 1.807) is 18.0 Å². The maximum absolute atomic E-state index is 13.4. The number of para-hydroxylation sites is 2. The van der Waals surface area contributed by atoms with Crippen LogP contribution in [0.5, 0.6) is 5.75 Å². The number of nitrogens with zero attached hydrogens (tertiary/aromatic N) is 2. The third-order valence-electron chi connectivity index (χ3n) is 6.21. The van der Waals surface area contributed by atoms with Crippen LogP contribution >= 0.6 is 0 Å². The van der Waals surface area contributed by atoms with E-state index < -0.39 is 6.04 Å². The molecule has 7 heteroatoms. The smallest absolute Gasteiger partial charge is 0.261 e. The Hall–Kier alpha value is -3.87. The number of carbonyl (C=O) groups excluding carboxylic acids is 2. The molecule has 2 aromatic carbocycles. The quantitative estimate of drug-likeness (QED) is 0.606. The summed E-state index contributed by atoms with van der Waals surface area (Å²) in [6, 6.07) is 16.5. The van der Waals surface area contributed by atoms with Gasteiger partial charge in [0.05, 0.1) is 13.3 Å². The third kappa shape index (κ3) is 3.69. The number of rotatable bonds is 4. The molecule has 1 aliphatic carbocycles. The van der Waals surface area contributed by atoms with Crippen LogP contribution in [0.1, 0.15) is 48.7 Å². The Balaban J connectivity index is 1.64. The summed E-state index contributed by atoms with van der Waals surface area (Å²) in [6.45, 7) is 4.17. The molecule has 0 fully saturated rings. The number of carbonyl (C=O) groups is 2. The van der Waals surface area contributed by atoms with E-state index in [0.717, 1.165) is 11.3 Å². The van der Waals surface area contributed by atoms with Crippen molar-refractivity contribution in [3.63, 3.8) is 0 Å². The highest BCUT2D eigenvalue weighted by Gasteiger charge is 2.43. The molecule has 1 aromatic heterocycles. The maximum Gasteiger partial charge on any atom is 0.261 e. The zero-order valence-electron chi connectivity index (χ0n) is 18.9.